The topological polar surface area (TPSA) is 41.1 Å². The zero-order valence-corrected chi connectivity index (χ0v) is 12.7. The SMILES string of the molecule is CCCNc1ccc(C)cc1C(=O)NCc1cccs1. The van der Waals surface area contributed by atoms with Gasteiger partial charge < -0.3 is 10.6 Å². The largest absolute Gasteiger partial charge is 0.384 e. The molecule has 2 aromatic rings. The summed E-state index contributed by atoms with van der Waals surface area (Å²) in [5.74, 6) is -0.0271. The average molecular weight is 288 g/mol. The van der Waals surface area contributed by atoms with Crippen molar-refractivity contribution in [3.8, 4) is 0 Å². The number of aryl methyl sites for hydroxylation is 1. The maximum Gasteiger partial charge on any atom is 0.253 e. The smallest absolute Gasteiger partial charge is 0.253 e. The minimum Gasteiger partial charge on any atom is -0.384 e. The zero-order chi connectivity index (χ0) is 14.4. The van der Waals surface area contributed by atoms with Crippen LogP contribution in [0.5, 0.6) is 0 Å². The van der Waals surface area contributed by atoms with Crippen LogP contribution in [0.15, 0.2) is 35.7 Å². The number of carbonyl (C=O) groups excluding carboxylic acids is 1. The molecule has 2 N–H and O–H groups in total. The van der Waals surface area contributed by atoms with Crippen molar-refractivity contribution in [2.24, 2.45) is 0 Å². The Hall–Kier alpha value is -1.81. The molecule has 0 aliphatic heterocycles. The number of anilines is 1. The van der Waals surface area contributed by atoms with Gasteiger partial charge in [-0.2, -0.15) is 0 Å². The van der Waals surface area contributed by atoms with Gasteiger partial charge in [-0.3, -0.25) is 4.79 Å². The first kappa shape index (κ1) is 14.6. The lowest BCUT2D eigenvalue weighted by Gasteiger charge is -2.12. The van der Waals surface area contributed by atoms with E-state index in [1.54, 1.807) is 11.3 Å². The van der Waals surface area contributed by atoms with Gasteiger partial charge in [0.05, 0.1) is 12.1 Å². The standard InChI is InChI=1S/C16H20N2OS/c1-3-8-17-15-7-6-12(2)10-14(15)16(19)18-11-13-5-4-9-20-13/h4-7,9-10,17H,3,8,11H2,1-2H3,(H,18,19). The summed E-state index contributed by atoms with van der Waals surface area (Å²) in [6.45, 7) is 5.56. The molecule has 1 aromatic heterocycles. The van der Waals surface area contributed by atoms with Gasteiger partial charge in [-0.25, -0.2) is 0 Å². The first-order valence-corrected chi connectivity index (χ1v) is 7.73. The number of thiophene rings is 1. The van der Waals surface area contributed by atoms with Crippen molar-refractivity contribution >= 4 is 22.9 Å². The molecule has 0 atom stereocenters. The van der Waals surface area contributed by atoms with Gasteiger partial charge in [0.2, 0.25) is 0 Å². The van der Waals surface area contributed by atoms with Crippen molar-refractivity contribution in [3.05, 3.63) is 51.7 Å². The lowest BCUT2D eigenvalue weighted by Crippen LogP contribution is -2.23. The summed E-state index contributed by atoms with van der Waals surface area (Å²) in [6, 6.07) is 9.95. The molecule has 0 radical (unpaired) electrons. The van der Waals surface area contributed by atoms with Crippen LogP contribution in [0.1, 0.15) is 34.1 Å². The van der Waals surface area contributed by atoms with Gasteiger partial charge in [0, 0.05) is 17.1 Å². The molecule has 0 aliphatic carbocycles. The van der Waals surface area contributed by atoms with Crippen LogP contribution >= 0.6 is 11.3 Å². The van der Waals surface area contributed by atoms with Gasteiger partial charge in [0.25, 0.3) is 5.91 Å². The maximum absolute atomic E-state index is 12.3. The number of nitrogens with one attached hydrogen (secondary N) is 2. The third kappa shape index (κ3) is 3.84. The van der Waals surface area contributed by atoms with E-state index in [9.17, 15) is 4.79 Å². The second kappa shape index (κ2) is 7.10. The zero-order valence-electron chi connectivity index (χ0n) is 11.9. The molecule has 0 fully saturated rings. The fourth-order valence-electron chi connectivity index (χ4n) is 1.94. The highest BCUT2D eigenvalue weighted by atomic mass is 32.1. The summed E-state index contributed by atoms with van der Waals surface area (Å²) in [7, 11) is 0. The van der Waals surface area contributed by atoms with Gasteiger partial charge in [-0.05, 0) is 36.9 Å². The molecule has 4 heteroatoms. The van der Waals surface area contributed by atoms with Crippen molar-refractivity contribution in [1.29, 1.82) is 0 Å². The second-order valence-corrected chi connectivity index (χ2v) is 5.77. The average Bonchev–Trinajstić information content (AvgIpc) is 2.96. The van der Waals surface area contributed by atoms with Crippen LogP contribution < -0.4 is 10.6 Å². The van der Waals surface area contributed by atoms with Gasteiger partial charge in [0.15, 0.2) is 0 Å². The van der Waals surface area contributed by atoms with E-state index in [4.69, 9.17) is 0 Å². The molecule has 0 aliphatic rings. The second-order valence-electron chi connectivity index (χ2n) is 4.74. The van der Waals surface area contributed by atoms with Crippen LogP contribution in [0, 0.1) is 6.92 Å². The highest BCUT2D eigenvalue weighted by molar-refractivity contribution is 7.09. The van der Waals surface area contributed by atoms with E-state index in [0.29, 0.717) is 6.54 Å². The molecule has 0 unspecified atom stereocenters. The Bertz CT molecular complexity index is 564. The van der Waals surface area contributed by atoms with E-state index < -0.39 is 0 Å². The highest BCUT2D eigenvalue weighted by Gasteiger charge is 2.11. The predicted molar refractivity (Wildman–Crippen MR) is 85.4 cm³/mol. The maximum atomic E-state index is 12.3. The van der Waals surface area contributed by atoms with Crippen molar-refractivity contribution in [2.45, 2.75) is 26.8 Å². The molecule has 0 bridgehead atoms. The van der Waals surface area contributed by atoms with Gasteiger partial charge in [-0.1, -0.05) is 24.6 Å². The van der Waals surface area contributed by atoms with Crippen molar-refractivity contribution in [2.75, 3.05) is 11.9 Å². The Kier molecular flexibility index (Phi) is 5.18. The van der Waals surface area contributed by atoms with E-state index in [0.717, 1.165) is 34.7 Å². The minimum absolute atomic E-state index is 0.0271. The van der Waals surface area contributed by atoms with Crippen LogP contribution in [0.2, 0.25) is 0 Å². The van der Waals surface area contributed by atoms with Crippen LogP contribution in [-0.4, -0.2) is 12.5 Å². The van der Waals surface area contributed by atoms with Crippen molar-refractivity contribution in [3.63, 3.8) is 0 Å². The molecule has 1 heterocycles. The van der Waals surface area contributed by atoms with E-state index >= 15 is 0 Å². The summed E-state index contributed by atoms with van der Waals surface area (Å²) in [5, 5.41) is 8.30. The first-order valence-electron chi connectivity index (χ1n) is 6.86. The Labute approximate surface area is 124 Å². The van der Waals surface area contributed by atoms with E-state index in [2.05, 4.69) is 17.6 Å². The highest BCUT2D eigenvalue weighted by Crippen LogP contribution is 2.18. The minimum atomic E-state index is -0.0271. The monoisotopic (exact) mass is 288 g/mol. The number of benzene rings is 1. The van der Waals surface area contributed by atoms with E-state index in [-0.39, 0.29) is 5.91 Å². The Morgan fingerprint density at radius 3 is 2.85 bits per heavy atom. The molecule has 20 heavy (non-hydrogen) atoms. The predicted octanol–water partition coefficient (Wildman–Crippen LogP) is 3.81. The summed E-state index contributed by atoms with van der Waals surface area (Å²) in [6.07, 6.45) is 1.03. The normalized spacial score (nSPS) is 10.3. The number of rotatable bonds is 6. The third-order valence-electron chi connectivity index (χ3n) is 2.99. The Balaban J connectivity index is 2.08. The summed E-state index contributed by atoms with van der Waals surface area (Å²) in [5.41, 5.74) is 2.71. The van der Waals surface area contributed by atoms with E-state index in [1.165, 1.54) is 0 Å². The summed E-state index contributed by atoms with van der Waals surface area (Å²) in [4.78, 5) is 13.5. The Morgan fingerprint density at radius 1 is 1.30 bits per heavy atom. The van der Waals surface area contributed by atoms with Crippen LogP contribution in [0.25, 0.3) is 0 Å². The van der Waals surface area contributed by atoms with Crippen molar-refractivity contribution in [1.82, 2.24) is 5.32 Å². The fourth-order valence-corrected chi connectivity index (χ4v) is 2.58. The molecular formula is C16H20N2OS. The number of amides is 1. The molecule has 1 amide bonds. The summed E-state index contributed by atoms with van der Waals surface area (Å²) < 4.78 is 0. The summed E-state index contributed by atoms with van der Waals surface area (Å²) >= 11 is 1.65. The van der Waals surface area contributed by atoms with Crippen LogP contribution in [0.3, 0.4) is 0 Å². The van der Waals surface area contributed by atoms with Gasteiger partial charge in [-0.15, -0.1) is 11.3 Å². The number of hydrogen-bond acceptors (Lipinski definition) is 3. The van der Waals surface area contributed by atoms with Crippen molar-refractivity contribution < 1.29 is 4.79 Å². The third-order valence-corrected chi connectivity index (χ3v) is 3.86. The number of carbonyl (C=O) groups is 1. The van der Waals surface area contributed by atoms with Gasteiger partial charge in [0.1, 0.15) is 0 Å². The molecule has 0 saturated carbocycles. The molecule has 1 aromatic carbocycles. The van der Waals surface area contributed by atoms with E-state index in [1.807, 2.05) is 42.6 Å². The number of hydrogen-bond donors (Lipinski definition) is 2. The fraction of sp³-hybridized carbons (Fsp3) is 0.312. The molecule has 106 valence electrons. The van der Waals surface area contributed by atoms with Crippen LogP contribution in [0.4, 0.5) is 5.69 Å². The van der Waals surface area contributed by atoms with Gasteiger partial charge >= 0.3 is 0 Å². The first-order chi connectivity index (χ1) is 9.70. The van der Waals surface area contributed by atoms with Crippen LogP contribution in [-0.2, 0) is 6.54 Å². The molecule has 0 saturated heterocycles. The lowest BCUT2D eigenvalue weighted by atomic mass is 10.1. The molecular weight excluding hydrogens is 268 g/mol. The lowest BCUT2D eigenvalue weighted by molar-refractivity contribution is 0.0952. The quantitative estimate of drug-likeness (QED) is 0.848. The molecule has 2 rings (SSSR count). The molecule has 3 nitrogen and oxygen atoms in total. The Morgan fingerprint density at radius 2 is 2.15 bits per heavy atom. The molecule has 0 spiro atoms.